The van der Waals surface area contributed by atoms with Crippen LogP contribution in [0, 0.1) is 22.7 Å². The number of aliphatic hydroxyl groups is 1. The summed E-state index contributed by atoms with van der Waals surface area (Å²) in [7, 11) is 0. The van der Waals surface area contributed by atoms with Gasteiger partial charge in [-0.05, 0) is 60.6 Å². The molecular formula is C24H30O4. The lowest BCUT2D eigenvalue weighted by molar-refractivity contribution is -0.128. The Morgan fingerprint density at radius 2 is 1.96 bits per heavy atom. The Balaban J connectivity index is 1.58. The fraction of sp³-hybridized carbons (Fsp3) is 0.542. The Morgan fingerprint density at radius 1 is 1.21 bits per heavy atom. The summed E-state index contributed by atoms with van der Waals surface area (Å²) in [5, 5.41) is 11.5. The van der Waals surface area contributed by atoms with Gasteiger partial charge < -0.3 is 14.3 Å². The summed E-state index contributed by atoms with van der Waals surface area (Å²) in [5.74, 6) is 1.39. The van der Waals surface area contributed by atoms with E-state index in [4.69, 9.17) is 9.15 Å². The van der Waals surface area contributed by atoms with Crippen molar-refractivity contribution in [2.45, 2.75) is 52.6 Å². The fourth-order valence-electron chi connectivity index (χ4n) is 5.78. The molecule has 0 aliphatic heterocycles. The van der Waals surface area contributed by atoms with Crippen molar-refractivity contribution in [2.24, 2.45) is 22.7 Å². The van der Waals surface area contributed by atoms with Gasteiger partial charge in [-0.1, -0.05) is 32.9 Å². The Hall–Kier alpha value is -2.07. The number of ether oxygens (including phenoxy) is 1. The van der Waals surface area contributed by atoms with Crippen LogP contribution in [0.15, 0.2) is 51.7 Å². The molecule has 28 heavy (non-hydrogen) atoms. The van der Waals surface area contributed by atoms with Gasteiger partial charge in [-0.2, -0.15) is 0 Å². The van der Waals surface area contributed by atoms with Gasteiger partial charge >= 0.3 is 5.63 Å². The average molecular weight is 383 g/mol. The van der Waals surface area contributed by atoms with Crippen molar-refractivity contribution in [2.75, 3.05) is 6.61 Å². The summed E-state index contributed by atoms with van der Waals surface area (Å²) in [6.07, 6.45) is 3.63. The van der Waals surface area contributed by atoms with Crippen LogP contribution in [0.25, 0.3) is 11.0 Å². The van der Waals surface area contributed by atoms with Gasteiger partial charge in [0.25, 0.3) is 0 Å². The lowest BCUT2D eigenvalue weighted by Crippen LogP contribution is -2.55. The van der Waals surface area contributed by atoms with Crippen LogP contribution < -0.4 is 10.4 Å². The molecule has 2 aromatic rings. The third-order valence-corrected chi connectivity index (χ3v) is 7.56. The maximum atomic E-state index is 11.5. The lowest BCUT2D eigenvalue weighted by Gasteiger charge is -2.59. The van der Waals surface area contributed by atoms with Crippen molar-refractivity contribution in [3.63, 3.8) is 0 Å². The second-order valence-corrected chi connectivity index (χ2v) is 9.45. The highest BCUT2D eigenvalue weighted by Crippen LogP contribution is 2.60. The number of rotatable bonds is 3. The minimum atomic E-state index is -0.358. The van der Waals surface area contributed by atoms with Gasteiger partial charge in [0.2, 0.25) is 0 Å². The van der Waals surface area contributed by atoms with Crippen molar-refractivity contribution in [3.8, 4) is 5.75 Å². The Bertz CT molecular complexity index is 956. The molecule has 0 amide bonds. The summed E-state index contributed by atoms with van der Waals surface area (Å²) in [6, 6.07) is 8.80. The first-order chi connectivity index (χ1) is 13.2. The van der Waals surface area contributed by atoms with Crippen LogP contribution >= 0.6 is 0 Å². The minimum absolute atomic E-state index is 0.0709. The first kappa shape index (κ1) is 19.3. The van der Waals surface area contributed by atoms with E-state index in [0.717, 1.165) is 31.1 Å². The van der Waals surface area contributed by atoms with Crippen LogP contribution in [0.2, 0.25) is 0 Å². The normalized spacial score (nSPS) is 32.1. The van der Waals surface area contributed by atoms with Gasteiger partial charge in [0, 0.05) is 23.4 Å². The molecule has 4 atom stereocenters. The smallest absolute Gasteiger partial charge is 0.336 e. The van der Waals surface area contributed by atoms with E-state index in [9.17, 15) is 9.90 Å². The minimum Gasteiger partial charge on any atom is -0.493 e. The first-order valence-electron chi connectivity index (χ1n) is 10.2. The van der Waals surface area contributed by atoms with Crippen LogP contribution in [0.5, 0.6) is 5.75 Å². The van der Waals surface area contributed by atoms with Crippen molar-refractivity contribution in [1.29, 1.82) is 0 Å². The average Bonchev–Trinajstić information content (AvgIpc) is 2.64. The van der Waals surface area contributed by atoms with E-state index in [0.29, 0.717) is 23.9 Å². The molecule has 0 radical (unpaired) electrons. The van der Waals surface area contributed by atoms with Gasteiger partial charge in [0.15, 0.2) is 0 Å². The molecule has 4 heteroatoms. The molecule has 150 valence electrons. The maximum absolute atomic E-state index is 11.5. The molecule has 4 rings (SSSR count). The predicted octanol–water partition coefficient (Wildman–Crippen LogP) is 4.94. The zero-order valence-electron chi connectivity index (χ0n) is 17.0. The quantitative estimate of drug-likeness (QED) is 0.603. The van der Waals surface area contributed by atoms with Gasteiger partial charge in [-0.15, -0.1) is 0 Å². The Labute approximate surface area is 166 Å². The van der Waals surface area contributed by atoms with Crippen molar-refractivity contribution < 1.29 is 14.3 Å². The summed E-state index contributed by atoms with van der Waals surface area (Å²) >= 11 is 0. The largest absolute Gasteiger partial charge is 0.493 e. The number of fused-ring (bicyclic) bond motifs is 2. The molecule has 4 nitrogen and oxygen atoms in total. The summed E-state index contributed by atoms with van der Waals surface area (Å²) in [4.78, 5) is 11.5. The fourth-order valence-corrected chi connectivity index (χ4v) is 5.78. The molecule has 1 aromatic carbocycles. The summed E-state index contributed by atoms with van der Waals surface area (Å²) in [5.41, 5.74) is 1.40. The van der Waals surface area contributed by atoms with Crippen LogP contribution in [0.3, 0.4) is 0 Å². The van der Waals surface area contributed by atoms with Crippen LogP contribution in [-0.4, -0.2) is 17.8 Å². The van der Waals surface area contributed by atoms with Gasteiger partial charge in [0.05, 0.1) is 12.7 Å². The van der Waals surface area contributed by atoms with Gasteiger partial charge in [-0.3, -0.25) is 0 Å². The molecule has 2 aliphatic rings. The SMILES string of the molecule is C=C1CC[C@@H]2C(C)(C)C(O)CCC2(C)[C@H]1COc1ccc2ccc(=O)oc2c1. The molecule has 1 heterocycles. The van der Waals surface area contributed by atoms with Crippen molar-refractivity contribution >= 4 is 11.0 Å². The van der Waals surface area contributed by atoms with Crippen LogP contribution in [0.1, 0.15) is 46.5 Å². The summed E-state index contributed by atoms with van der Waals surface area (Å²) < 4.78 is 11.5. The monoisotopic (exact) mass is 382 g/mol. The molecule has 0 bridgehead atoms. The van der Waals surface area contributed by atoms with Gasteiger partial charge in [0.1, 0.15) is 11.3 Å². The van der Waals surface area contributed by atoms with Crippen LogP contribution in [-0.2, 0) is 0 Å². The van der Waals surface area contributed by atoms with E-state index in [-0.39, 0.29) is 28.5 Å². The Kier molecular flexibility index (Phi) is 4.65. The lowest BCUT2D eigenvalue weighted by atomic mass is 9.47. The number of hydrogen-bond acceptors (Lipinski definition) is 4. The predicted molar refractivity (Wildman–Crippen MR) is 110 cm³/mol. The molecule has 0 spiro atoms. The third kappa shape index (κ3) is 3.08. The number of hydrogen-bond donors (Lipinski definition) is 1. The van der Waals surface area contributed by atoms with E-state index in [1.54, 1.807) is 12.1 Å². The van der Waals surface area contributed by atoms with E-state index >= 15 is 0 Å². The third-order valence-electron chi connectivity index (χ3n) is 7.56. The molecule has 1 N–H and O–H groups in total. The zero-order valence-corrected chi connectivity index (χ0v) is 17.0. The maximum Gasteiger partial charge on any atom is 0.336 e. The second-order valence-electron chi connectivity index (χ2n) is 9.45. The molecule has 0 saturated heterocycles. The topological polar surface area (TPSA) is 59.7 Å². The standard InChI is InChI=1S/C24H30O4/c1-15-5-9-20-23(2,3)21(25)11-12-24(20,4)18(15)14-27-17-8-6-16-7-10-22(26)28-19(16)13-17/h6-8,10,13,18,20-21,25H,1,5,9,11-12,14H2,2-4H3/t18-,20+,21?,24?/m0/s1. The highest BCUT2D eigenvalue weighted by molar-refractivity contribution is 5.77. The summed E-state index contributed by atoms with van der Waals surface area (Å²) in [6.45, 7) is 11.7. The van der Waals surface area contributed by atoms with Crippen LogP contribution in [0.4, 0.5) is 0 Å². The zero-order chi connectivity index (χ0) is 20.1. The first-order valence-corrected chi connectivity index (χ1v) is 10.2. The Morgan fingerprint density at radius 3 is 2.75 bits per heavy atom. The number of aliphatic hydroxyl groups excluding tert-OH is 1. The van der Waals surface area contributed by atoms with E-state index in [1.807, 2.05) is 12.1 Å². The van der Waals surface area contributed by atoms with Crippen molar-refractivity contribution in [3.05, 3.63) is 52.9 Å². The number of benzene rings is 1. The highest BCUT2D eigenvalue weighted by atomic mass is 16.5. The molecule has 2 aliphatic carbocycles. The van der Waals surface area contributed by atoms with E-state index < -0.39 is 0 Å². The van der Waals surface area contributed by atoms with E-state index in [1.165, 1.54) is 11.6 Å². The molecule has 2 saturated carbocycles. The van der Waals surface area contributed by atoms with Gasteiger partial charge in [-0.25, -0.2) is 4.79 Å². The second kappa shape index (κ2) is 6.77. The van der Waals surface area contributed by atoms with Crippen molar-refractivity contribution in [1.82, 2.24) is 0 Å². The molecule has 2 fully saturated rings. The molecule has 1 aromatic heterocycles. The molecular weight excluding hydrogens is 352 g/mol. The highest BCUT2D eigenvalue weighted by Gasteiger charge is 2.56. The van der Waals surface area contributed by atoms with E-state index in [2.05, 4.69) is 27.4 Å². The molecule has 2 unspecified atom stereocenters.